The van der Waals surface area contributed by atoms with Crippen molar-refractivity contribution in [2.75, 3.05) is 22.4 Å². The molecule has 2 N–H and O–H groups in total. The Morgan fingerprint density at radius 2 is 1.66 bits per heavy atom. The summed E-state index contributed by atoms with van der Waals surface area (Å²) in [5, 5.41) is 5.52. The number of hydrogen-bond donors (Lipinski definition) is 2. The average molecular weight is 462 g/mol. The van der Waals surface area contributed by atoms with Crippen LogP contribution in [0.5, 0.6) is 5.75 Å². The Morgan fingerprint density at radius 3 is 2.22 bits per heavy atom. The molecule has 0 saturated heterocycles. The number of rotatable bonds is 10. The molecule has 174 valence electrons. The first-order valence-electron chi connectivity index (χ1n) is 10.5. The topological polar surface area (TPSA) is 105 Å². The summed E-state index contributed by atoms with van der Waals surface area (Å²) >= 11 is 0. The summed E-state index contributed by atoms with van der Waals surface area (Å²) < 4.78 is 31.3. The summed E-state index contributed by atoms with van der Waals surface area (Å²) in [5.41, 5.74) is 0.955. The molecule has 0 spiro atoms. The molecule has 0 aliphatic carbocycles. The summed E-state index contributed by atoms with van der Waals surface area (Å²) in [4.78, 5) is 25.3. The van der Waals surface area contributed by atoms with Crippen molar-refractivity contribution in [1.29, 1.82) is 0 Å². The smallest absolute Gasteiger partial charge is 0.253 e. The summed E-state index contributed by atoms with van der Waals surface area (Å²) in [6, 6.07) is 13.1. The van der Waals surface area contributed by atoms with Gasteiger partial charge in [0.25, 0.3) is 5.91 Å². The normalized spacial score (nSPS) is 12.2. The van der Waals surface area contributed by atoms with Gasteiger partial charge in [0, 0.05) is 6.04 Å². The van der Waals surface area contributed by atoms with Crippen LogP contribution in [0.2, 0.25) is 0 Å². The van der Waals surface area contributed by atoms with Crippen LogP contribution in [0.15, 0.2) is 48.5 Å². The Kier molecular flexibility index (Phi) is 8.65. The van der Waals surface area contributed by atoms with Crippen molar-refractivity contribution >= 4 is 33.2 Å². The first kappa shape index (κ1) is 25.2. The van der Waals surface area contributed by atoms with Gasteiger partial charge in [0.1, 0.15) is 12.3 Å². The number of hydrogen-bond acceptors (Lipinski definition) is 5. The molecular weight excluding hydrogens is 430 g/mol. The van der Waals surface area contributed by atoms with Gasteiger partial charge in [-0.2, -0.15) is 0 Å². The van der Waals surface area contributed by atoms with E-state index in [9.17, 15) is 18.0 Å². The fourth-order valence-electron chi connectivity index (χ4n) is 2.88. The maximum Gasteiger partial charge on any atom is 0.253 e. The van der Waals surface area contributed by atoms with Crippen molar-refractivity contribution in [1.82, 2.24) is 5.32 Å². The van der Waals surface area contributed by atoms with Gasteiger partial charge in [-0.15, -0.1) is 0 Å². The van der Waals surface area contributed by atoms with E-state index in [1.54, 1.807) is 48.5 Å². The van der Waals surface area contributed by atoms with Crippen LogP contribution in [0.4, 0.5) is 11.4 Å². The predicted octanol–water partition coefficient (Wildman–Crippen LogP) is 3.41. The third-order valence-electron chi connectivity index (χ3n) is 4.62. The van der Waals surface area contributed by atoms with Crippen LogP contribution >= 0.6 is 0 Å². The molecule has 0 aromatic heterocycles. The number of ether oxygens (including phenoxy) is 1. The summed E-state index contributed by atoms with van der Waals surface area (Å²) in [5.74, 6) is -0.277. The number of amides is 2. The zero-order valence-electron chi connectivity index (χ0n) is 19.1. The third-order valence-corrected chi connectivity index (χ3v) is 5.76. The maximum atomic E-state index is 12.7. The molecule has 1 unspecified atom stereocenters. The van der Waals surface area contributed by atoms with Gasteiger partial charge < -0.3 is 15.4 Å². The average Bonchev–Trinajstić information content (AvgIpc) is 2.71. The Morgan fingerprint density at radius 1 is 1.03 bits per heavy atom. The molecule has 0 aliphatic heterocycles. The predicted molar refractivity (Wildman–Crippen MR) is 127 cm³/mol. The maximum absolute atomic E-state index is 12.7. The molecule has 2 rings (SSSR count). The van der Waals surface area contributed by atoms with Crippen LogP contribution in [0, 0.1) is 0 Å². The lowest BCUT2D eigenvalue weighted by molar-refractivity contribution is -0.114. The van der Waals surface area contributed by atoms with Crippen LogP contribution in [0.3, 0.4) is 0 Å². The fourth-order valence-corrected chi connectivity index (χ4v) is 3.73. The number of benzene rings is 2. The Balaban J connectivity index is 2.20. The number of nitrogens with one attached hydrogen (secondary N) is 2. The van der Waals surface area contributed by atoms with E-state index < -0.39 is 22.5 Å². The first-order valence-corrected chi connectivity index (χ1v) is 12.3. The van der Waals surface area contributed by atoms with Crippen LogP contribution in [-0.2, 0) is 14.8 Å². The minimum absolute atomic E-state index is 0.0183. The second-order valence-electron chi connectivity index (χ2n) is 7.81. The molecule has 0 radical (unpaired) electrons. The SMILES string of the molecule is CCC(C)NC(=O)c1ccccc1NC(=O)CN(c1ccc(OC(C)C)cc1)S(C)(=O)=O. The standard InChI is InChI=1S/C23H31N3O5S/c1-6-17(4)24-23(28)20-9-7-8-10-21(20)25-22(27)15-26(32(5,29)30)18-11-13-19(14-12-18)31-16(2)3/h7-14,16-17H,6,15H2,1-5H3,(H,24,28)(H,25,27). The molecule has 32 heavy (non-hydrogen) atoms. The van der Waals surface area contributed by atoms with E-state index in [4.69, 9.17) is 4.74 Å². The molecule has 2 amide bonds. The van der Waals surface area contributed by atoms with Gasteiger partial charge in [0.05, 0.1) is 29.3 Å². The van der Waals surface area contributed by atoms with E-state index in [1.165, 1.54) is 0 Å². The lowest BCUT2D eigenvalue weighted by Crippen LogP contribution is -2.38. The number of anilines is 2. The van der Waals surface area contributed by atoms with Crippen LogP contribution in [0.25, 0.3) is 0 Å². The minimum Gasteiger partial charge on any atom is -0.491 e. The number of carbonyl (C=O) groups is 2. The second-order valence-corrected chi connectivity index (χ2v) is 9.71. The van der Waals surface area contributed by atoms with Crippen molar-refractivity contribution in [3.8, 4) is 5.75 Å². The van der Waals surface area contributed by atoms with Gasteiger partial charge in [0.15, 0.2) is 0 Å². The van der Waals surface area contributed by atoms with E-state index in [0.29, 0.717) is 22.7 Å². The largest absolute Gasteiger partial charge is 0.491 e. The van der Waals surface area contributed by atoms with Crippen molar-refractivity contribution in [2.24, 2.45) is 0 Å². The Bertz CT molecular complexity index is 1040. The zero-order chi connectivity index (χ0) is 23.9. The summed E-state index contributed by atoms with van der Waals surface area (Å²) in [6.07, 6.45) is 1.78. The van der Waals surface area contributed by atoms with Crippen LogP contribution < -0.4 is 19.7 Å². The highest BCUT2D eigenvalue weighted by Gasteiger charge is 2.22. The lowest BCUT2D eigenvalue weighted by atomic mass is 10.1. The van der Waals surface area contributed by atoms with E-state index in [-0.39, 0.29) is 18.1 Å². The Hall–Kier alpha value is -3.07. The van der Waals surface area contributed by atoms with E-state index in [0.717, 1.165) is 17.0 Å². The highest BCUT2D eigenvalue weighted by molar-refractivity contribution is 7.92. The van der Waals surface area contributed by atoms with Crippen molar-refractivity contribution in [3.63, 3.8) is 0 Å². The van der Waals surface area contributed by atoms with Crippen molar-refractivity contribution in [2.45, 2.75) is 46.3 Å². The van der Waals surface area contributed by atoms with Gasteiger partial charge in [-0.25, -0.2) is 8.42 Å². The fraction of sp³-hybridized carbons (Fsp3) is 0.391. The van der Waals surface area contributed by atoms with Crippen molar-refractivity contribution in [3.05, 3.63) is 54.1 Å². The van der Waals surface area contributed by atoms with E-state index in [1.807, 2.05) is 27.7 Å². The van der Waals surface area contributed by atoms with Gasteiger partial charge in [-0.3, -0.25) is 13.9 Å². The summed E-state index contributed by atoms with van der Waals surface area (Å²) in [6.45, 7) is 7.19. The highest BCUT2D eigenvalue weighted by atomic mass is 32.2. The molecule has 0 saturated carbocycles. The van der Waals surface area contributed by atoms with Crippen LogP contribution in [0.1, 0.15) is 44.5 Å². The molecule has 0 aliphatic rings. The van der Waals surface area contributed by atoms with E-state index >= 15 is 0 Å². The van der Waals surface area contributed by atoms with Crippen molar-refractivity contribution < 1.29 is 22.7 Å². The molecular formula is C23H31N3O5S. The molecule has 0 heterocycles. The number of sulfonamides is 1. The van der Waals surface area contributed by atoms with Gasteiger partial charge in [-0.05, 0) is 63.6 Å². The van der Waals surface area contributed by atoms with E-state index in [2.05, 4.69) is 10.6 Å². The number of nitrogens with zero attached hydrogens (tertiary/aromatic N) is 1. The minimum atomic E-state index is -3.73. The molecule has 8 nitrogen and oxygen atoms in total. The second kappa shape index (κ2) is 11.0. The quantitative estimate of drug-likeness (QED) is 0.564. The molecule has 9 heteroatoms. The summed E-state index contributed by atoms with van der Waals surface area (Å²) in [7, 11) is -3.73. The van der Waals surface area contributed by atoms with Gasteiger partial charge in [0.2, 0.25) is 15.9 Å². The molecule has 1 atom stereocenters. The molecule has 0 bridgehead atoms. The lowest BCUT2D eigenvalue weighted by Gasteiger charge is -2.23. The molecule has 0 fully saturated rings. The number of para-hydroxylation sites is 1. The van der Waals surface area contributed by atoms with Crippen LogP contribution in [-0.4, -0.2) is 45.2 Å². The van der Waals surface area contributed by atoms with Gasteiger partial charge >= 0.3 is 0 Å². The third kappa shape index (κ3) is 7.26. The first-order chi connectivity index (χ1) is 15.0. The zero-order valence-corrected chi connectivity index (χ0v) is 19.9. The number of carbonyl (C=O) groups excluding carboxylic acids is 2. The molecule has 2 aromatic rings. The molecule has 2 aromatic carbocycles. The Labute approximate surface area is 190 Å². The highest BCUT2D eigenvalue weighted by Crippen LogP contribution is 2.23. The monoisotopic (exact) mass is 461 g/mol. The van der Waals surface area contributed by atoms with Gasteiger partial charge in [-0.1, -0.05) is 19.1 Å².